The molecule has 0 aliphatic carbocycles. The van der Waals surface area contributed by atoms with Crippen molar-refractivity contribution in [3.8, 4) is 28.6 Å². The second kappa shape index (κ2) is 15.2. The first kappa shape index (κ1) is 34.2. The number of halogens is 1. The van der Waals surface area contributed by atoms with Crippen molar-refractivity contribution in [1.82, 2.24) is 25.1 Å². The van der Waals surface area contributed by atoms with Gasteiger partial charge in [0.25, 0.3) is 5.89 Å². The number of ether oxygens (including phenoxy) is 6. The lowest BCUT2D eigenvalue weighted by Crippen LogP contribution is -2.60. The van der Waals surface area contributed by atoms with Gasteiger partial charge in [-0.25, -0.2) is 4.68 Å². The molecule has 48 heavy (non-hydrogen) atoms. The summed E-state index contributed by atoms with van der Waals surface area (Å²) in [6.45, 7) is 4.24. The molecule has 1 aliphatic heterocycles. The number of carbonyl (C=O) groups excluding carboxylic acids is 4. The predicted molar refractivity (Wildman–Crippen MR) is 164 cm³/mol. The summed E-state index contributed by atoms with van der Waals surface area (Å²) in [5, 5.41) is 12.3. The Morgan fingerprint density at radius 3 is 2.08 bits per heavy atom. The highest BCUT2D eigenvalue weighted by Gasteiger charge is 2.53. The number of aromatic nitrogens is 5. The Balaban J connectivity index is 1.31. The summed E-state index contributed by atoms with van der Waals surface area (Å²) in [5.74, 6) is -1.53. The van der Waals surface area contributed by atoms with E-state index in [1.54, 1.807) is 24.3 Å². The number of esters is 4. The van der Waals surface area contributed by atoms with Gasteiger partial charge >= 0.3 is 23.9 Å². The maximum Gasteiger partial charge on any atom is 0.303 e. The normalized spacial score (nSPS) is 20.4. The molecule has 4 aromatic rings. The molecule has 2 aromatic heterocycles. The Bertz CT molecular complexity index is 1760. The summed E-state index contributed by atoms with van der Waals surface area (Å²) in [6, 6.07) is 14.5. The molecule has 5 atom stereocenters. The predicted octanol–water partition coefficient (Wildman–Crippen LogP) is 3.59. The summed E-state index contributed by atoms with van der Waals surface area (Å²) in [7, 11) is 0. The van der Waals surface area contributed by atoms with Crippen LogP contribution in [0.3, 0.4) is 0 Å². The van der Waals surface area contributed by atoms with Crippen LogP contribution in [-0.4, -0.2) is 80.0 Å². The van der Waals surface area contributed by atoms with Gasteiger partial charge in [0.1, 0.15) is 30.8 Å². The molecule has 2 aromatic carbocycles. The lowest BCUT2D eigenvalue weighted by atomic mass is 9.97. The van der Waals surface area contributed by atoms with E-state index < -0.39 is 54.5 Å². The first-order chi connectivity index (χ1) is 23.0. The zero-order chi connectivity index (χ0) is 34.4. The van der Waals surface area contributed by atoms with Crippen molar-refractivity contribution in [3.05, 3.63) is 64.9 Å². The van der Waals surface area contributed by atoms with E-state index in [0.29, 0.717) is 28.7 Å². The van der Waals surface area contributed by atoms with Crippen LogP contribution >= 0.6 is 15.9 Å². The highest BCUT2D eigenvalue weighted by Crippen LogP contribution is 2.34. The van der Waals surface area contributed by atoms with Gasteiger partial charge in [0.15, 0.2) is 24.5 Å². The van der Waals surface area contributed by atoms with Crippen molar-refractivity contribution in [3.63, 3.8) is 0 Å². The van der Waals surface area contributed by atoms with Crippen molar-refractivity contribution in [2.45, 2.75) is 64.9 Å². The minimum Gasteiger partial charge on any atom is -0.487 e. The number of hydrogen-bond acceptors (Lipinski definition) is 15. The molecule has 0 unspecified atom stereocenters. The largest absolute Gasteiger partial charge is 0.487 e. The van der Waals surface area contributed by atoms with Crippen molar-refractivity contribution in [2.24, 2.45) is 0 Å². The Hall–Kier alpha value is -5.16. The lowest BCUT2D eigenvalue weighted by Gasteiger charge is -2.44. The van der Waals surface area contributed by atoms with Crippen LogP contribution < -0.4 is 4.74 Å². The van der Waals surface area contributed by atoms with Crippen molar-refractivity contribution < 1.29 is 52.1 Å². The Labute approximate surface area is 281 Å². The van der Waals surface area contributed by atoms with Gasteiger partial charge in [0, 0.05) is 43.3 Å². The summed E-state index contributed by atoms with van der Waals surface area (Å²) in [6.07, 6.45) is -4.85. The summed E-state index contributed by atoms with van der Waals surface area (Å²) in [4.78, 5) is 52.2. The molecule has 252 valence electrons. The molecule has 1 fully saturated rings. The summed E-state index contributed by atoms with van der Waals surface area (Å²) in [5.41, 5.74) is 1.86. The second-order valence-electron chi connectivity index (χ2n) is 10.5. The van der Waals surface area contributed by atoms with Crippen LogP contribution in [-0.2, 0) is 49.5 Å². The van der Waals surface area contributed by atoms with E-state index in [0.717, 1.165) is 30.8 Å². The van der Waals surface area contributed by atoms with Gasteiger partial charge in [-0.1, -0.05) is 26.3 Å². The molecule has 0 amide bonds. The average Bonchev–Trinajstić information content (AvgIpc) is 3.72. The van der Waals surface area contributed by atoms with Gasteiger partial charge in [-0.15, -0.1) is 5.10 Å². The van der Waals surface area contributed by atoms with Gasteiger partial charge in [-0.2, -0.15) is 4.98 Å². The van der Waals surface area contributed by atoms with Crippen LogP contribution in [0.15, 0.2) is 63.7 Å². The number of rotatable bonds is 11. The minimum absolute atomic E-state index is 0.0150. The fraction of sp³-hybridized carbons (Fsp3) is 0.355. The Morgan fingerprint density at radius 1 is 0.812 bits per heavy atom. The van der Waals surface area contributed by atoms with Crippen molar-refractivity contribution >= 4 is 39.8 Å². The SMILES string of the molecule is CC(=O)OC[C@H]1O[C@@H](n2cc(COc3ccc(-c4nc(-c5ccc(Br)cc5)no4)cc3)nn2)[C@H](OC(C)=O)[C@@H](OC(C)=O)[C@@H]1OC(C)=O. The van der Waals surface area contributed by atoms with E-state index in [2.05, 4.69) is 36.4 Å². The number of benzene rings is 2. The van der Waals surface area contributed by atoms with Crippen LogP contribution in [0.25, 0.3) is 22.8 Å². The summed E-state index contributed by atoms with van der Waals surface area (Å²) < 4.78 is 41.1. The zero-order valence-corrected chi connectivity index (χ0v) is 27.7. The first-order valence-corrected chi connectivity index (χ1v) is 15.3. The molecule has 0 radical (unpaired) electrons. The van der Waals surface area contributed by atoms with E-state index >= 15 is 0 Å². The van der Waals surface area contributed by atoms with Crippen molar-refractivity contribution in [2.75, 3.05) is 6.61 Å². The standard InChI is InChI=1S/C31H30BrN5O11/c1-16(38)42-15-25-26(44-17(2)39)27(45-18(3)40)28(46-19(4)41)31(47-25)37-13-23(34-36-37)14-43-24-11-7-21(8-12-24)30-33-29(35-48-30)20-5-9-22(32)10-6-20/h5-13,25-28,31H,14-15H2,1-4H3/t25-,26-,27+,28-,31-/m1/s1. The molecule has 0 N–H and O–H groups in total. The van der Waals surface area contributed by atoms with E-state index in [1.807, 2.05) is 24.3 Å². The second-order valence-corrected chi connectivity index (χ2v) is 11.4. The fourth-order valence-corrected chi connectivity index (χ4v) is 5.09. The monoisotopic (exact) mass is 727 g/mol. The molecule has 3 heterocycles. The topological polar surface area (TPSA) is 193 Å². The average molecular weight is 729 g/mol. The zero-order valence-electron chi connectivity index (χ0n) is 26.1. The van der Waals surface area contributed by atoms with Crippen LogP contribution in [0.4, 0.5) is 0 Å². The number of carbonyl (C=O) groups is 4. The Morgan fingerprint density at radius 2 is 1.44 bits per heavy atom. The quantitative estimate of drug-likeness (QED) is 0.161. The van der Waals surface area contributed by atoms with E-state index in [-0.39, 0.29) is 13.2 Å². The maximum atomic E-state index is 12.1. The molecule has 0 saturated carbocycles. The highest BCUT2D eigenvalue weighted by atomic mass is 79.9. The summed E-state index contributed by atoms with van der Waals surface area (Å²) >= 11 is 3.40. The minimum atomic E-state index is -1.35. The molecule has 1 aliphatic rings. The van der Waals surface area contributed by atoms with Crippen LogP contribution in [0, 0.1) is 0 Å². The maximum absolute atomic E-state index is 12.1. The van der Waals surface area contributed by atoms with Gasteiger partial charge < -0.3 is 32.9 Å². The number of nitrogens with zero attached hydrogens (tertiary/aromatic N) is 5. The van der Waals surface area contributed by atoms with E-state index in [9.17, 15) is 19.2 Å². The fourth-order valence-electron chi connectivity index (χ4n) is 4.83. The Kier molecular flexibility index (Phi) is 10.8. The van der Waals surface area contributed by atoms with Crippen LogP contribution in [0.2, 0.25) is 0 Å². The third kappa shape index (κ3) is 8.60. The van der Waals surface area contributed by atoms with Gasteiger partial charge in [0.2, 0.25) is 5.82 Å². The van der Waals surface area contributed by atoms with Crippen molar-refractivity contribution in [1.29, 1.82) is 0 Å². The molecule has 16 nitrogen and oxygen atoms in total. The molecule has 0 spiro atoms. The van der Waals surface area contributed by atoms with Gasteiger partial charge in [-0.05, 0) is 48.5 Å². The first-order valence-electron chi connectivity index (χ1n) is 14.5. The highest BCUT2D eigenvalue weighted by molar-refractivity contribution is 9.10. The molecule has 0 bridgehead atoms. The molecule has 1 saturated heterocycles. The smallest absolute Gasteiger partial charge is 0.303 e. The number of hydrogen-bond donors (Lipinski definition) is 0. The van der Waals surface area contributed by atoms with Gasteiger partial charge in [-0.3, -0.25) is 19.2 Å². The van der Waals surface area contributed by atoms with Crippen LogP contribution in [0.1, 0.15) is 39.6 Å². The molecule has 17 heteroatoms. The third-order valence-electron chi connectivity index (χ3n) is 6.80. The van der Waals surface area contributed by atoms with E-state index in [4.69, 9.17) is 32.9 Å². The lowest BCUT2D eigenvalue weighted by molar-refractivity contribution is -0.270. The van der Waals surface area contributed by atoms with E-state index in [1.165, 1.54) is 17.8 Å². The van der Waals surface area contributed by atoms with Gasteiger partial charge in [0.05, 0.1) is 6.20 Å². The third-order valence-corrected chi connectivity index (χ3v) is 7.33. The molecular formula is C31H30BrN5O11. The molecular weight excluding hydrogens is 698 g/mol. The van der Waals surface area contributed by atoms with Crippen LogP contribution in [0.5, 0.6) is 5.75 Å². The molecule has 5 rings (SSSR count).